The SMILES string of the molecule is CC(=O)CCC(C#N)(C#N)C(C#N)(C#N)CCC(C)=O. The molecule has 0 bridgehead atoms. The topological polar surface area (TPSA) is 129 Å². The van der Waals surface area contributed by atoms with Crippen LogP contribution in [0.3, 0.4) is 0 Å². The van der Waals surface area contributed by atoms with Crippen molar-refractivity contribution in [2.24, 2.45) is 10.8 Å². The van der Waals surface area contributed by atoms with Crippen molar-refractivity contribution < 1.29 is 9.59 Å². The van der Waals surface area contributed by atoms with E-state index in [-0.39, 0.29) is 37.2 Å². The molecule has 0 aliphatic rings. The fourth-order valence-corrected chi connectivity index (χ4v) is 1.81. The smallest absolute Gasteiger partial charge is 0.175 e. The number of carbonyl (C=O) groups is 2. The summed E-state index contributed by atoms with van der Waals surface area (Å²) in [6.07, 6.45) is -0.554. The first kappa shape index (κ1) is 17.3. The lowest BCUT2D eigenvalue weighted by molar-refractivity contribution is -0.118. The van der Waals surface area contributed by atoms with E-state index in [1.807, 2.05) is 0 Å². The summed E-state index contributed by atoms with van der Waals surface area (Å²) in [4.78, 5) is 22.1. The normalized spacial score (nSPS) is 10.5. The van der Waals surface area contributed by atoms with Crippen LogP contribution in [0.1, 0.15) is 39.5 Å². The summed E-state index contributed by atoms with van der Waals surface area (Å²) >= 11 is 0. The Morgan fingerprint density at radius 1 is 0.750 bits per heavy atom. The average molecular weight is 270 g/mol. The molecule has 0 saturated carbocycles. The van der Waals surface area contributed by atoms with E-state index < -0.39 is 10.8 Å². The second-order valence-corrected chi connectivity index (χ2v) is 4.66. The Kier molecular flexibility index (Phi) is 6.08. The van der Waals surface area contributed by atoms with Gasteiger partial charge >= 0.3 is 0 Å². The molecule has 0 unspecified atom stereocenters. The molecule has 0 radical (unpaired) electrons. The van der Waals surface area contributed by atoms with Crippen LogP contribution < -0.4 is 0 Å². The van der Waals surface area contributed by atoms with E-state index in [9.17, 15) is 30.6 Å². The van der Waals surface area contributed by atoms with E-state index in [0.29, 0.717) is 0 Å². The minimum Gasteiger partial charge on any atom is -0.300 e. The molecule has 0 amide bonds. The fourth-order valence-electron chi connectivity index (χ4n) is 1.81. The van der Waals surface area contributed by atoms with Gasteiger partial charge in [-0.05, 0) is 26.7 Å². The number of nitriles is 4. The Hall–Kier alpha value is -2.70. The summed E-state index contributed by atoms with van der Waals surface area (Å²) in [6.45, 7) is 2.60. The zero-order valence-corrected chi connectivity index (χ0v) is 11.4. The lowest BCUT2D eigenvalue weighted by Crippen LogP contribution is -2.39. The minimum atomic E-state index is -1.92. The molecule has 0 fully saturated rings. The lowest BCUT2D eigenvalue weighted by atomic mass is 9.61. The molecule has 0 aromatic rings. The number of rotatable bonds is 7. The Labute approximate surface area is 117 Å². The summed E-state index contributed by atoms with van der Waals surface area (Å²) in [5, 5.41) is 37.1. The number of hydrogen-bond donors (Lipinski definition) is 0. The fraction of sp³-hybridized carbons (Fsp3) is 0.571. The summed E-state index contributed by atoms with van der Waals surface area (Å²) in [5.41, 5.74) is -3.84. The van der Waals surface area contributed by atoms with Gasteiger partial charge in [-0.15, -0.1) is 0 Å². The van der Waals surface area contributed by atoms with E-state index in [2.05, 4.69) is 0 Å². The Balaban J connectivity index is 5.71. The van der Waals surface area contributed by atoms with Crippen LogP contribution >= 0.6 is 0 Å². The van der Waals surface area contributed by atoms with Gasteiger partial charge in [0.15, 0.2) is 10.8 Å². The van der Waals surface area contributed by atoms with Crippen molar-refractivity contribution in [1.29, 1.82) is 21.0 Å². The van der Waals surface area contributed by atoms with Crippen LogP contribution in [-0.4, -0.2) is 11.6 Å². The lowest BCUT2D eigenvalue weighted by Gasteiger charge is -2.30. The Morgan fingerprint density at radius 3 is 1.15 bits per heavy atom. The maximum atomic E-state index is 11.1. The third-order valence-electron chi connectivity index (χ3n) is 3.20. The largest absolute Gasteiger partial charge is 0.300 e. The molecule has 0 aromatic heterocycles. The highest BCUT2D eigenvalue weighted by Gasteiger charge is 2.54. The van der Waals surface area contributed by atoms with Crippen molar-refractivity contribution in [3.8, 4) is 24.3 Å². The molecule has 6 nitrogen and oxygen atoms in total. The molecule has 0 atom stereocenters. The van der Waals surface area contributed by atoms with Gasteiger partial charge in [0.1, 0.15) is 11.6 Å². The summed E-state index contributed by atoms with van der Waals surface area (Å²) in [7, 11) is 0. The highest BCUT2D eigenvalue weighted by atomic mass is 16.1. The quantitative estimate of drug-likeness (QED) is 0.693. The number of carbonyl (C=O) groups excluding carboxylic acids is 2. The monoisotopic (exact) mass is 270 g/mol. The molecular formula is C14H14N4O2. The highest BCUT2D eigenvalue weighted by molar-refractivity contribution is 5.76. The van der Waals surface area contributed by atoms with Gasteiger partial charge in [-0.2, -0.15) is 21.0 Å². The molecule has 0 spiro atoms. The van der Waals surface area contributed by atoms with E-state index >= 15 is 0 Å². The van der Waals surface area contributed by atoms with Crippen LogP contribution in [0.2, 0.25) is 0 Å². The third kappa shape index (κ3) is 3.41. The molecule has 0 rings (SSSR count). The Morgan fingerprint density at radius 2 is 1.00 bits per heavy atom. The summed E-state index contributed by atoms with van der Waals surface area (Å²) < 4.78 is 0. The van der Waals surface area contributed by atoms with Crippen molar-refractivity contribution in [2.45, 2.75) is 39.5 Å². The molecule has 0 N–H and O–H groups in total. The number of Topliss-reactive ketones (excluding diaryl/α,β-unsaturated/α-hetero) is 2. The maximum Gasteiger partial charge on any atom is 0.175 e. The molecule has 0 aromatic carbocycles. The first-order chi connectivity index (χ1) is 9.33. The summed E-state index contributed by atoms with van der Waals surface area (Å²) in [6, 6.07) is 6.87. The molecule has 0 aliphatic heterocycles. The van der Waals surface area contributed by atoms with Crippen LogP contribution in [-0.2, 0) is 9.59 Å². The van der Waals surface area contributed by atoms with Gasteiger partial charge in [-0.1, -0.05) is 0 Å². The van der Waals surface area contributed by atoms with Crippen LogP contribution in [0.25, 0.3) is 0 Å². The van der Waals surface area contributed by atoms with Crippen LogP contribution in [0.15, 0.2) is 0 Å². The van der Waals surface area contributed by atoms with Crippen LogP contribution in [0, 0.1) is 56.2 Å². The summed E-state index contributed by atoms with van der Waals surface area (Å²) in [5.74, 6) is -0.479. The van der Waals surface area contributed by atoms with Gasteiger partial charge in [-0.3, -0.25) is 0 Å². The zero-order chi connectivity index (χ0) is 15.8. The molecule has 102 valence electrons. The second-order valence-electron chi connectivity index (χ2n) is 4.66. The Bertz CT molecular complexity index is 486. The highest BCUT2D eigenvalue weighted by Crippen LogP contribution is 2.45. The van der Waals surface area contributed by atoms with Crippen molar-refractivity contribution in [3.63, 3.8) is 0 Å². The van der Waals surface area contributed by atoms with Crippen molar-refractivity contribution in [1.82, 2.24) is 0 Å². The molecule has 20 heavy (non-hydrogen) atoms. The van der Waals surface area contributed by atoms with Crippen molar-refractivity contribution in [3.05, 3.63) is 0 Å². The van der Waals surface area contributed by atoms with E-state index in [1.165, 1.54) is 13.8 Å². The van der Waals surface area contributed by atoms with Gasteiger partial charge in [0.25, 0.3) is 0 Å². The minimum absolute atomic E-state index is 0.0771. The third-order valence-corrected chi connectivity index (χ3v) is 3.20. The molecular weight excluding hydrogens is 256 g/mol. The van der Waals surface area contributed by atoms with Gasteiger partial charge in [-0.25, -0.2) is 0 Å². The van der Waals surface area contributed by atoms with E-state index in [0.717, 1.165) is 0 Å². The number of ketones is 2. The molecule has 0 aliphatic carbocycles. The zero-order valence-electron chi connectivity index (χ0n) is 11.4. The standard InChI is InChI=1S/C14H14N4O2/c1-11(19)3-5-13(7-15,8-16)14(9-17,10-18)6-4-12(2)20/h3-6H2,1-2H3. The van der Waals surface area contributed by atoms with Crippen LogP contribution in [0.4, 0.5) is 0 Å². The number of hydrogen-bond acceptors (Lipinski definition) is 6. The predicted molar refractivity (Wildman–Crippen MR) is 67.1 cm³/mol. The average Bonchev–Trinajstić information content (AvgIpc) is 2.43. The predicted octanol–water partition coefficient (Wildman–Crippen LogP) is 1.79. The molecule has 0 heterocycles. The molecule has 6 heteroatoms. The second kappa shape index (κ2) is 7.03. The van der Waals surface area contributed by atoms with Gasteiger partial charge in [0, 0.05) is 12.8 Å². The first-order valence-corrected chi connectivity index (χ1v) is 5.97. The maximum absolute atomic E-state index is 11.1. The van der Waals surface area contributed by atoms with E-state index in [4.69, 9.17) is 0 Å². The van der Waals surface area contributed by atoms with Gasteiger partial charge in [0.2, 0.25) is 0 Å². The van der Waals surface area contributed by atoms with Crippen LogP contribution in [0.5, 0.6) is 0 Å². The molecule has 0 saturated heterocycles. The van der Waals surface area contributed by atoms with Gasteiger partial charge in [0.05, 0.1) is 24.3 Å². The van der Waals surface area contributed by atoms with Gasteiger partial charge < -0.3 is 9.59 Å². The first-order valence-electron chi connectivity index (χ1n) is 5.97. The van der Waals surface area contributed by atoms with Crippen molar-refractivity contribution in [2.75, 3.05) is 0 Å². The van der Waals surface area contributed by atoms with E-state index in [1.54, 1.807) is 24.3 Å². The number of nitrogens with zero attached hydrogens (tertiary/aromatic N) is 4. The van der Waals surface area contributed by atoms with Crippen molar-refractivity contribution >= 4 is 11.6 Å².